The highest BCUT2D eigenvalue weighted by Crippen LogP contribution is 2.51. The molecule has 1 heterocycles. The molecule has 4 unspecified atom stereocenters. The predicted molar refractivity (Wildman–Crippen MR) is 79.1 cm³/mol. The molecular formula is C16H25NS. The summed E-state index contributed by atoms with van der Waals surface area (Å²) in [7, 11) is 2.13. The maximum atomic E-state index is 3.57. The molecule has 2 fully saturated rings. The van der Waals surface area contributed by atoms with Crippen molar-refractivity contribution in [2.75, 3.05) is 7.05 Å². The van der Waals surface area contributed by atoms with Gasteiger partial charge in [0.1, 0.15) is 0 Å². The van der Waals surface area contributed by atoms with Crippen LogP contribution in [0.5, 0.6) is 0 Å². The van der Waals surface area contributed by atoms with E-state index in [0.717, 1.165) is 17.8 Å². The van der Waals surface area contributed by atoms with Crippen LogP contribution < -0.4 is 5.32 Å². The largest absolute Gasteiger partial charge is 0.313 e. The first-order chi connectivity index (χ1) is 8.67. The molecule has 0 radical (unpaired) electrons. The molecule has 3 rings (SSSR count). The first-order valence-electron chi connectivity index (χ1n) is 7.41. The van der Waals surface area contributed by atoms with Gasteiger partial charge in [0.05, 0.1) is 0 Å². The van der Waals surface area contributed by atoms with E-state index in [-0.39, 0.29) is 0 Å². The molecule has 1 aromatic heterocycles. The number of aryl methyl sites for hydroxylation is 2. The van der Waals surface area contributed by atoms with E-state index >= 15 is 0 Å². The van der Waals surface area contributed by atoms with Crippen molar-refractivity contribution >= 4 is 11.3 Å². The Kier molecular flexibility index (Phi) is 3.50. The Morgan fingerprint density at radius 3 is 2.67 bits per heavy atom. The molecule has 0 spiro atoms. The Morgan fingerprint density at radius 2 is 2.17 bits per heavy atom. The Labute approximate surface area is 115 Å². The second-order valence-corrected chi connectivity index (χ2v) is 7.84. The summed E-state index contributed by atoms with van der Waals surface area (Å²) < 4.78 is 0. The Bertz CT molecular complexity index is 423. The first-order valence-corrected chi connectivity index (χ1v) is 8.23. The average molecular weight is 263 g/mol. The van der Waals surface area contributed by atoms with E-state index in [1.807, 2.05) is 11.3 Å². The van der Waals surface area contributed by atoms with Crippen LogP contribution in [-0.2, 0) is 0 Å². The van der Waals surface area contributed by atoms with Crippen molar-refractivity contribution in [2.24, 2.45) is 17.8 Å². The Morgan fingerprint density at radius 1 is 1.33 bits per heavy atom. The summed E-state index contributed by atoms with van der Waals surface area (Å²) in [6.07, 6.45) is 7.41. The standard InChI is InChI=1S/C16H25NS/c1-10-6-15(11(2)18-10)16(17-3)9-14-8-12-4-5-13(14)7-12/h6,12-14,16-17H,4-5,7-9H2,1-3H3. The van der Waals surface area contributed by atoms with Crippen LogP contribution in [0.15, 0.2) is 6.07 Å². The van der Waals surface area contributed by atoms with Crippen molar-refractivity contribution in [3.63, 3.8) is 0 Å². The molecule has 1 N–H and O–H groups in total. The zero-order valence-corrected chi connectivity index (χ0v) is 12.6. The van der Waals surface area contributed by atoms with E-state index in [2.05, 4.69) is 32.3 Å². The first kappa shape index (κ1) is 12.7. The van der Waals surface area contributed by atoms with E-state index < -0.39 is 0 Å². The molecule has 100 valence electrons. The second kappa shape index (κ2) is 4.97. The SMILES string of the molecule is CNC(CC1CC2CCC1C2)c1cc(C)sc1C. The van der Waals surface area contributed by atoms with E-state index in [1.165, 1.54) is 41.9 Å². The van der Waals surface area contributed by atoms with Crippen molar-refractivity contribution in [2.45, 2.75) is 52.0 Å². The molecule has 0 aliphatic heterocycles. The third kappa shape index (κ3) is 2.25. The lowest BCUT2D eigenvalue weighted by atomic mass is 9.83. The minimum atomic E-state index is 0.583. The fraction of sp³-hybridized carbons (Fsp3) is 0.750. The van der Waals surface area contributed by atoms with Gasteiger partial charge >= 0.3 is 0 Å². The lowest BCUT2D eigenvalue weighted by molar-refractivity contribution is 0.284. The van der Waals surface area contributed by atoms with Crippen molar-refractivity contribution in [3.8, 4) is 0 Å². The Hall–Kier alpha value is -0.340. The highest BCUT2D eigenvalue weighted by atomic mass is 32.1. The van der Waals surface area contributed by atoms with Crippen molar-refractivity contribution in [1.29, 1.82) is 0 Å². The third-order valence-electron chi connectivity index (χ3n) is 5.23. The summed E-state index contributed by atoms with van der Waals surface area (Å²) in [6.45, 7) is 4.50. The number of thiophene rings is 1. The maximum absolute atomic E-state index is 3.57. The molecule has 2 aliphatic carbocycles. The highest BCUT2D eigenvalue weighted by molar-refractivity contribution is 7.12. The molecule has 0 aromatic carbocycles. The zero-order valence-electron chi connectivity index (χ0n) is 11.8. The van der Waals surface area contributed by atoms with Crippen LogP contribution in [0, 0.1) is 31.6 Å². The fourth-order valence-electron chi connectivity index (χ4n) is 4.36. The smallest absolute Gasteiger partial charge is 0.0331 e. The molecule has 2 bridgehead atoms. The van der Waals surface area contributed by atoms with Gasteiger partial charge < -0.3 is 5.32 Å². The normalized spacial score (nSPS) is 32.1. The molecule has 2 aliphatic rings. The van der Waals surface area contributed by atoms with Crippen LogP contribution >= 0.6 is 11.3 Å². The molecule has 2 saturated carbocycles. The minimum Gasteiger partial charge on any atom is -0.313 e. The topological polar surface area (TPSA) is 12.0 Å². The van der Waals surface area contributed by atoms with Crippen molar-refractivity contribution in [3.05, 3.63) is 21.4 Å². The second-order valence-electron chi connectivity index (χ2n) is 6.38. The number of hydrogen-bond acceptors (Lipinski definition) is 2. The minimum absolute atomic E-state index is 0.583. The molecule has 2 heteroatoms. The van der Waals surface area contributed by atoms with Gasteiger partial charge in [-0.3, -0.25) is 0 Å². The summed E-state index contributed by atoms with van der Waals surface area (Å²) in [5.41, 5.74) is 1.56. The zero-order chi connectivity index (χ0) is 12.7. The highest BCUT2D eigenvalue weighted by Gasteiger charge is 2.40. The van der Waals surface area contributed by atoms with Crippen LogP contribution in [0.4, 0.5) is 0 Å². The summed E-state index contributed by atoms with van der Waals surface area (Å²) in [5, 5.41) is 3.57. The number of hydrogen-bond donors (Lipinski definition) is 1. The Balaban J connectivity index is 1.71. The van der Waals surface area contributed by atoms with Gasteiger partial charge in [-0.2, -0.15) is 0 Å². The van der Waals surface area contributed by atoms with Gasteiger partial charge in [0, 0.05) is 15.8 Å². The quantitative estimate of drug-likeness (QED) is 0.846. The molecule has 0 saturated heterocycles. The van der Waals surface area contributed by atoms with Crippen LogP contribution in [0.1, 0.15) is 53.5 Å². The van der Waals surface area contributed by atoms with Crippen molar-refractivity contribution in [1.82, 2.24) is 5.32 Å². The van der Waals surface area contributed by atoms with Crippen LogP contribution in [-0.4, -0.2) is 7.05 Å². The molecule has 0 amide bonds. The van der Waals surface area contributed by atoms with E-state index in [0.29, 0.717) is 6.04 Å². The maximum Gasteiger partial charge on any atom is 0.0331 e. The van der Waals surface area contributed by atoms with Crippen LogP contribution in [0.25, 0.3) is 0 Å². The summed E-state index contributed by atoms with van der Waals surface area (Å²) in [6, 6.07) is 2.98. The average Bonchev–Trinajstić information content (AvgIpc) is 3.01. The van der Waals surface area contributed by atoms with E-state index in [1.54, 1.807) is 5.56 Å². The van der Waals surface area contributed by atoms with Crippen LogP contribution in [0.2, 0.25) is 0 Å². The molecule has 18 heavy (non-hydrogen) atoms. The number of fused-ring (bicyclic) bond motifs is 2. The molecular weight excluding hydrogens is 238 g/mol. The van der Waals surface area contributed by atoms with E-state index in [9.17, 15) is 0 Å². The van der Waals surface area contributed by atoms with Gasteiger partial charge in [0.15, 0.2) is 0 Å². The van der Waals surface area contributed by atoms with Gasteiger partial charge in [-0.1, -0.05) is 6.42 Å². The van der Waals surface area contributed by atoms with Gasteiger partial charge in [0.25, 0.3) is 0 Å². The van der Waals surface area contributed by atoms with Gasteiger partial charge in [0.2, 0.25) is 0 Å². The third-order valence-corrected chi connectivity index (χ3v) is 6.21. The lowest BCUT2D eigenvalue weighted by Gasteiger charge is -2.26. The van der Waals surface area contributed by atoms with Gasteiger partial charge in [-0.05, 0) is 76.0 Å². The number of nitrogens with one attached hydrogen (secondary N) is 1. The van der Waals surface area contributed by atoms with Gasteiger partial charge in [-0.25, -0.2) is 0 Å². The lowest BCUT2D eigenvalue weighted by Crippen LogP contribution is -2.22. The summed E-state index contributed by atoms with van der Waals surface area (Å²) in [5.74, 6) is 3.11. The van der Waals surface area contributed by atoms with Crippen molar-refractivity contribution < 1.29 is 0 Å². The monoisotopic (exact) mass is 263 g/mol. The fourth-order valence-corrected chi connectivity index (χ4v) is 5.35. The van der Waals surface area contributed by atoms with Gasteiger partial charge in [-0.15, -0.1) is 11.3 Å². The van der Waals surface area contributed by atoms with Crippen LogP contribution in [0.3, 0.4) is 0 Å². The predicted octanol–water partition coefficient (Wildman–Crippen LogP) is 4.45. The molecule has 1 nitrogen and oxygen atoms in total. The van der Waals surface area contributed by atoms with E-state index in [4.69, 9.17) is 0 Å². The molecule has 4 atom stereocenters. The summed E-state index contributed by atoms with van der Waals surface area (Å²) in [4.78, 5) is 2.96. The molecule has 1 aromatic rings. The summed E-state index contributed by atoms with van der Waals surface area (Å²) >= 11 is 1.95. The number of rotatable bonds is 4.